The normalized spacial score (nSPS) is 23.9. The molecule has 1 unspecified atom stereocenters. The van der Waals surface area contributed by atoms with Gasteiger partial charge in [0.15, 0.2) is 9.84 Å². The van der Waals surface area contributed by atoms with Crippen molar-refractivity contribution in [1.29, 1.82) is 0 Å². The van der Waals surface area contributed by atoms with Crippen molar-refractivity contribution in [3.05, 3.63) is 0 Å². The van der Waals surface area contributed by atoms with Gasteiger partial charge in [-0.25, -0.2) is 13.2 Å². The summed E-state index contributed by atoms with van der Waals surface area (Å²) in [6.45, 7) is 15.1. The summed E-state index contributed by atoms with van der Waals surface area (Å²) >= 11 is 0. The number of rotatable bonds is 15. The Labute approximate surface area is 299 Å². The van der Waals surface area contributed by atoms with E-state index in [0.29, 0.717) is 38.6 Å². The minimum atomic E-state index is -3.57. The third-order valence-electron chi connectivity index (χ3n) is 11.6. The maximum Gasteiger partial charge on any atom is 0.315 e. The van der Waals surface area contributed by atoms with E-state index in [1.807, 2.05) is 41.5 Å². The van der Waals surface area contributed by atoms with Gasteiger partial charge in [0.05, 0.1) is 22.1 Å². The molecule has 0 aromatic heterocycles. The zero-order valence-electron chi connectivity index (χ0n) is 31.7. The first-order valence-corrected chi connectivity index (χ1v) is 20.6. The molecule has 1 heterocycles. The van der Waals surface area contributed by atoms with E-state index in [0.717, 1.165) is 44.9 Å². The van der Waals surface area contributed by atoms with Gasteiger partial charge in [-0.2, -0.15) is 0 Å². The van der Waals surface area contributed by atoms with Gasteiger partial charge in [0.2, 0.25) is 17.6 Å². The molecule has 4 atom stereocenters. The number of likely N-dealkylation sites (tertiary alicyclic amines) is 1. The molecule has 284 valence electrons. The van der Waals surface area contributed by atoms with Gasteiger partial charge >= 0.3 is 6.03 Å². The lowest BCUT2D eigenvalue weighted by molar-refractivity contribution is -0.145. The van der Waals surface area contributed by atoms with E-state index in [4.69, 9.17) is 0 Å². The highest BCUT2D eigenvalue weighted by molar-refractivity contribution is 7.92. The summed E-state index contributed by atoms with van der Waals surface area (Å²) < 4.78 is 26.1. The van der Waals surface area contributed by atoms with Crippen LogP contribution in [0.3, 0.4) is 0 Å². The van der Waals surface area contributed by atoms with Crippen LogP contribution in [0.5, 0.6) is 0 Å². The third-order valence-corrected chi connectivity index (χ3v) is 14.5. The van der Waals surface area contributed by atoms with Crippen LogP contribution in [0.25, 0.3) is 0 Å². The summed E-state index contributed by atoms with van der Waals surface area (Å²) in [6.07, 6.45) is 8.55. The maximum absolute atomic E-state index is 14.5. The average molecular weight is 722 g/mol. The molecule has 1 aliphatic heterocycles. The Morgan fingerprint density at radius 1 is 0.880 bits per heavy atom. The maximum atomic E-state index is 14.5. The fourth-order valence-electron chi connectivity index (χ4n) is 7.45. The Morgan fingerprint density at radius 2 is 1.50 bits per heavy atom. The van der Waals surface area contributed by atoms with Crippen LogP contribution in [0, 0.1) is 23.2 Å². The lowest BCUT2D eigenvalue weighted by Gasteiger charge is -2.41. The van der Waals surface area contributed by atoms with Crippen LogP contribution >= 0.6 is 0 Å². The van der Waals surface area contributed by atoms with Crippen molar-refractivity contribution in [2.24, 2.45) is 23.2 Å². The van der Waals surface area contributed by atoms with Crippen LogP contribution in [-0.2, 0) is 29.0 Å². The lowest BCUT2D eigenvalue weighted by Crippen LogP contribution is -2.64. The van der Waals surface area contributed by atoms with E-state index < -0.39 is 73.2 Å². The number of sulfone groups is 1. The zero-order chi connectivity index (χ0) is 37.2. The molecule has 4 aliphatic rings. The number of carbonyl (C=O) groups is 5. The molecule has 0 aromatic rings. The first-order chi connectivity index (χ1) is 23.2. The molecule has 5 amide bonds. The molecule has 12 nitrogen and oxygen atoms in total. The van der Waals surface area contributed by atoms with Gasteiger partial charge in [0, 0.05) is 12.6 Å². The van der Waals surface area contributed by atoms with Crippen molar-refractivity contribution >= 4 is 39.4 Å². The van der Waals surface area contributed by atoms with E-state index >= 15 is 0 Å². The quantitative estimate of drug-likeness (QED) is 0.185. The number of nitrogens with zero attached hydrogens (tertiary/aromatic N) is 1. The van der Waals surface area contributed by atoms with E-state index in [1.54, 1.807) is 13.8 Å². The van der Waals surface area contributed by atoms with Crippen molar-refractivity contribution < 1.29 is 32.4 Å². The van der Waals surface area contributed by atoms with Gasteiger partial charge in [-0.1, -0.05) is 73.6 Å². The second kappa shape index (κ2) is 15.5. The SMILES string of the molecule is CCC(C)(C)S(=O)(=O)CC1(NC(=O)N[C@H](C(=O)N2CC[C@H](C(C)C)[C@H]2C(=O)NC(CC2CC2)C(=O)C(=O)NC2CC2)C(C)(C)C)CCCCC1. The Morgan fingerprint density at radius 3 is 2.02 bits per heavy atom. The van der Waals surface area contributed by atoms with Crippen molar-refractivity contribution in [2.45, 2.75) is 167 Å². The number of amides is 5. The fraction of sp³-hybridized carbons (Fsp3) is 0.865. The lowest BCUT2D eigenvalue weighted by atomic mass is 9.83. The van der Waals surface area contributed by atoms with Crippen LogP contribution in [0.15, 0.2) is 0 Å². The number of urea groups is 1. The Kier molecular flexibility index (Phi) is 12.4. The Hall–Kier alpha value is -2.70. The summed E-state index contributed by atoms with van der Waals surface area (Å²) in [5.74, 6) is -2.26. The summed E-state index contributed by atoms with van der Waals surface area (Å²) in [6, 6.07) is -3.48. The summed E-state index contributed by atoms with van der Waals surface area (Å²) in [5.41, 5.74) is -1.71. The summed E-state index contributed by atoms with van der Waals surface area (Å²) in [4.78, 5) is 70.0. The standard InChI is InChI=1S/C37H63N5O7S/c1-9-36(7,8)50(48,49)22-37(18-11-10-12-19-37)41-34(47)40-30(35(4,5)6)33(46)42-20-17-26(23(2)3)28(42)31(44)39-27(21-24-13-14-24)29(43)32(45)38-25-15-16-25/h23-28,30H,9-22H2,1-8H3,(H,38,45)(H,39,44)(H2,40,41,47)/t26-,27?,28+,30-/m1/s1. The van der Waals surface area contributed by atoms with E-state index in [-0.39, 0.29) is 29.5 Å². The second-order valence-corrected chi connectivity index (χ2v) is 20.3. The van der Waals surface area contributed by atoms with Crippen molar-refractivity contribution in [1.82, 2.24) is 26.2 Å². The summed E-state index contributed by atoms with van der Waals surface area (Å²) in [7, 11) is -3.57. The van der Waals surface area contributed by atoms with Crippen molar-refractivity contribution in [2.75, 3.05) is 12.3 Å². The van der Waals surface area contributed by atoms with Crippen LogP contribution in [0.2, 0.25) is 0 Å². The topological polar surface area (TPSA) is 171 Å². The highest BCUT2D eigenvalue weighted by atomic mass is 32.2. The minimum absolute atomic E-state index is 0.0107. The molecule has 3 aliphatic carbocycles. The van der Waals surface area contributed by atoms with E-state index in [9.17, 15) is 32.4 Å². The summed E-state index contributed by atoms with van der Waals surface area (Å²) in [5, 5.41) is 11.6. The average Bonchev–Trinajstić information content (AvgIpc) is 3.96. The zero-order valence-corrected chi connectivity index (χ0v) is 32.5. The van der Waals surface area contributed by atoms with Gasteiger partial charge in [0.1, 0.15) is 12.1 Å². The number of nitrogens with one attached hydrogen (secondary N) is 4. The Balaban J connectivity index is 1.54. The molecule has 0 bridgehead atoms. The fourth-order valence-corrected chi connectivity index (χ4v) is 9.37. The molecule has 1 saturated heterocycles. The molecule has 50 heavy (non-hydrogen) atoms. The van der Waals surface area contributed by atoms with Gasteiger partial charge in [-0.3, -0.25) is 19.2 Å². The van der Waals surface area contributed by atoms with Crippen LogP contribution in [-0.4, -0.2) is 89.6 Å². The molecule has 0 aromatic carbocycles. The first kappa shape index (κ1) is 40.1. The molecule has 4 rings (SSSR count). The molecular formula is C37H63N5O7S. The third kappa shape index (κ3) is 9.79. The van der Waals surface area contributed by atoms with Crippen LogP contribution in [0.1, 0.15) is 132 Å². The molecule has 13 heteroatoms. The molecule has 4 fully saturated rings. The molecule has 0 spiro atoms. The van der Waals surface area contributed by atoms with Crippen LogP contribution < -0.4 is 21.3 Å². The number of ketones is 1. The van der Waals surface area contributed by atoms with E-state index in [2.05, 4.69) is 21.3 Å². The second-order valence-electron chi connectivity index (χ2n) is 17.6. The minimum Gasteiger partial charge on any atom is -0.347 e. The highest BCUT2D eigenvalue weighted by Gasteiger charge is 2.49. The molecule has 3 saturated carbocycles. The van der Waals surface area contributed by atoms with Gasteiger partial charge in [0.25, 0.3) is 5.91 Å². The van der Waals surface area contributed by atoms with Gasteiger partial charge in [-0.05, 0) is 82.0 Å². The van der Waals surface area contributed by atoms with Crippen molar-refractivity contribution in [3.63, 3.8) is 0 Å². The van der Waals surface area contributed by atoms with Gasteiger partial charge < -0.3 is 26.2 Å². The largest absolute Gasteiger partial charge is 0.347 e. The van der Waals surface area contributed by atoms with Gasteiger partial charge in [-0.15, -0.1) is 0 Å². The number of Topliss-reactive ketones (excluding diaryl/α,β-unsaturated/α-hetero) is 1. The predicted octanol–water partition coefficient (Wildman–Crippen LogP) is 4.01. The number of hydrogen-bond donors (Lipinski definition) is 4. The molecule has 4 N–H and O–H groups in total. The van der Waals surface area contributed by atoms with Crippen LogP contribution in [0.4, 0.5) is 4.79 Å². The number of hydrogen-bond acceptors (Lipinski definition) is 7. The molecular weight excluding hydrogens is 659 g/mol. The number of carbonyl (C=O) groups excluding carboxylic acids is 5. The smallest absolute Gasteiger partial charge is 0.315 e. The highest BCUT2D eigenvalue weighted by Crippen LogP contribution is 2.37. The monoisotopic (exact) mass is 721 g/mol. The van der Waals surface area contributed by atoms with Crippen molar-refractivity contribution in [3.8, 4) is 0 Å². The Bertz CT molecular complexity index is 1390. The van der Waals surface area contributed by atoms with E-state index in [1.165, 1.54) is 4.90 Å². The predicted molar refractivity (Wildman–Crippen MR) is 193 cm³/mol. The first-order valence-electron chi connectivity index (χ1n) is 19.0. The molecule has 0 radical (unpaired) electrons.